The molecule has 0 spiro atoms. The number of aromatic amines is 1. The first-order valence-corrected chi connectivity index (χ1v) is 9.65. The highest BCUT2D eigenvalue weighted by Gasteiger charge is 2.22. The summed E-state index contributed by atoms with van der Waals surface area (Å²) in [5.41, 5.74) is 3.73. The topological polar surface area (TPSA) is 86.8 Å². The lowest BCUT2D eigenvalue weighted by molar-refractivity contribution is -0.121. The number of nitrogens with zero attached hydrogens (tertiary/aromatic N) is 4. The lowest BCUT2D eigenvalue weighted by Gasteiger charge is -2.32. The molecular weight excluding hydrogens is 328 g/mol. The fourth-order valence-electron chi connectivity index (χ4n) is 4.00. The van der Waals surface area contributed by atoms with Crippen LogP contribution in [0.4, 0.5) is 5.82 Å². The minimum atomic E-state index is 0.135. The van der Waals surface area contributed by atoms with Crippen molar-refractivity contribution in [1.82, 2.24) is 25.5 Å². The average Bonchev–Trinajstić information content (AvgIpc) is 3.11. The van der Waals surface area contributed by atoms with E-state index in [2.05, 4.69) is 30.4 Å². The van der Waals surface area contributed by atoms with Crippen molar-refractivity contribution >= 4 is 11.7 Å². The molecule has 1 saturated heterocycles. The second kappa shape index (κ2) is 7.85. The van der Waals surface area contributed by atoms with Crippen molar-refractivity contribution < 1.29 is 4.79 Å². The van der Waals surface area contributed by atoms with Gasteiger partial charge in [0.15, 0.2) is 0 Å². The maximum absolute atomic E-state index is 12.3. The van der Waals surface area contributed by atoms with Gasteiger partial charge in [-0.25, -0.2) is 4.98 Å². The van der Waals surface area contributed by atoms with E-state index in [1.165, 1.54) is 24.1 Å². The van der Waals surface area contributed by atoms with Gasteiger partial charge in [-0.15, -0.1) is 0 Å². The van der Waals surface area contributed by atoms with Crippen molar-refractivity contribution in [3.8, 4) is 0 Å². The van der Waals surface area contributed by atoms with E-state index in [0.717, 1.165) is 56.7 Å². The Morgan fingerprint density at radius 1 is 1.23 bits per heavy atom. The van der Waals surface area contributed by atoms with Gasteiger partial charge in [0.05, 0.1) is 11.9 Å². The lowest BCUT2D eigenvalue weighted by atomic mass is 9.94. The van der Waals surface area contributed by atoms with E-state index in [1.54, 1.807) is 18.6 Å². The molecule has 2 aliphatic rings. The van der Waals surface area contributed by atoms with Crippen molar-refractivity contribution in [3.05, 3.63) is 35.5 Å². The van der Waals surface area contributed by atoms with Crippen molar-refractivity contribution in [2.75, 3.05) is 18.0 Å². The van der Waals surface area contributed by atoms with Crippen LogP contribution >= 0.6 is 0 Å². The third-order valence-corrected chi connectivity index (χ3v) is 5.46. The molecule has 0 aromatic carbocycles. The number of amides is 1. The quantitative estimate of drug-likeness (QED) is 0.855. The molecule has 7 nitrogen and oxygen atoms in total. The Labute approximate surface area is 153 Å². The number of anilines is 1. The van der Waals surface area contributed by atoms with E-state index in [1.807, 2.05) is 0 Å². The van der Waals surface area contributed by atoms with Gasteiger partial charge in [-0.2, -0.15) is 5.10 Å². The molecule has 2 N–H and O–H groups in total. The Morgan fingerprint density at radius 2 is 2.08 bits per heavy atom. The summed E-state index contributed by atoms with van der Waals surface area (Å²) in [5, 5.41) is 10.8. The van der Waals surface area contributed by atoms with Crippen molar-refractivity contribution in [1.29, 1.82) is 0 Å². The van der Waals surface area contributed by atoms with Crippen LogP contribution in [-0.2, 0) is 24.1 Å². The molecule has 0 radical (unpaired) electrons. The zero-order valence-corrected chi connectivity index (χ0v) is 15.1. The van der Waals surface area contributed by atoms with Gasteiger partial charge in [0.25, 0.3) is 0 Å². The lowest BCUT2D eigenvalue weighted by Crippen LogP contribution is -2.45. The van der Waals surface area contributed by atoms with Gasteiger partial charge in [0, 0.05) is 50.1 Å². The van der Waals surface area contributed by atoms with E-state index in [9.17, 15) is 4.79 Å². The summed E-state index contributed by atoms with van der Waals surface area (Å²) in [6.07, 6.45) is 13.0. The number of rotatable bonds is 5. The molecule has 2 aromatic rings. The van der Waals surface area contributed by atoms with Crippen LogP contribution < -0.4 is 10.2 Å². The van der Waals surface area contributed by atoms with Gasteiger partial charge >= 0.3 is 0 Å². The predicted octanol–water partition coefficient (Wildman–Crippen LogP) is 1.80. The molecule has 2 aromatic heterocycles. The number of fused-ring (bicyclic) bond motifs is 1. The maximum Gasteiger partial charge on any atom is 0.220 e. The summed E-state index contributed by atoms with van der Waals surface area (Å²) in [5.74, 6) is 1.05. The molecule has 0 bridgehead atoms. The molecule has 1 amide bonds. The number of hydrogen-bond donors (Lipinski definition) is 2. The van der Waals surface area contributed by atoms with E-state index < -0.39 is 0 Å². The molecule has 26 heavy (non-hydrogen) atoms. The molecule has 138 valence electrons. The number of piperidine rings is 1. The highest BCUT2D eigenvalue weighted by atomic mass is 16.1. The van der Waals surface area contributed by atoms with Crippen LogP contribution in [-0.4, -0.2) is 45.2 Å². The molecule has 1 aliphatic heterocycles. The minimum absolute atomic E-state index is 0.135. The summed E-state index contributed by atoms with van der Waals surface area (Å²) in [7, 11) is 0. The van der Waals surface area contributed by atoms with Crippen LogP contribution in [0.15, 0.2) is 18.6 Å². The van der Waals surface area contributed by atoms with Gasteiger partial charge in [0.1, 0.15) is 5.82 Å². The molecule has 1 aliphatic carbocycles. The SMILES string of the molecule is O=C(CCc1n[nH]c2c1CCCC2)NC1CCN(c2cnccn2)CC1. The van der Waals surface area contributed by atoms with Gasteiger partial charge in [-0.05, 0) is 44.1 Å². The highest BCUT2D eigenvalue weighted by Crippen LogP contribution is 2.23. The van der Waals surface area contributed by atoms with E-state index >= 15 is 0 Å². The Kier molecular flexibility index (Phi) is 5.13. The first kappa shape index (κ1) is 17.0. The Bertz CT molecular complexity index is 736. The minimum Gasteiger partial charge on any atom is -0.355 e. The van der Waals surface area contributed by atoms with Crippen LogP contribution in [0.3, 0.4) is 0 Å². The number of aryl methyl sites for hydroxylation is 2. The van der Waals surface area contributed by atoms with E-state index in [0.29, 0.717) is 6.42 Å². The summed E-state index contributed by atoms with van der Waals surface area (Å²) in [6.45, 7) is 1.80. The second-order valence-corrected chi connectivity index (χ2v) is 7.23. The zero-order chi connectivity index (χ0) is 17.8. The van der Waals surface area contributed by atoms with Gasteiger partial charge in [0.2, 0.25) is 5.91 Å². The summed E-state index contributed by atoms with van der Waals surface area (Å²) >= 11 is 0. The van der Waals surface area contributed by atoms with Crippen molar-refractivity contribution in [2.24, 2.45) is 0 Å². The molecule has 1 fully saturated rings. The first-order chi connectivity index (χ1) is 12.8. The van der Waals surface area contributed by atoms with Crippen LogP contribution in [0.2, 0.25) is 0 Å². The Balaban J connectivity index is 1.23. The smallest absolute Gasteiger partial charge is 0.220 e. The molecule has 4 rings (SSSR count). The first-order valence-electron chi connectivity index (χ1n) is 9.65. The molecule has 0 unspecified atom stereocenters. The highest BCUT2D eigenvalue weighted by molar-refractivity contribution is 5.76. The van der Waals surface area contributed by atoms with Crippen LogP contribution in [0.25, 0.3) is 0 Å². The number of carbonyl (C=O) groups is 1. The molecule has 3 heterocycles. The van der Waals surface area contributed by atoms with Gasteiger partial charge in [-0.1, -0.05) is 0 Å². The average molecular weight is 354 g/mol. The van der Waals surface area contributed by atoms with Crippen LogP contribution in [0.5, 0.6) is 0 Å². The number of H-pyrrole nitrogens is 1. The number of carbonyl (C=O) groups excluding carboxylic acids is 1. The molecular formula is C19H26N6O. The second-order valence-electron chi connectivity index (χ2n) is 7.23. The van der Waals surface area contributed by atoms with Gasteiger partial charge in [-0.3, -0.25) is 14.9 Å². The standard InChI is InChI=1S/C19H26N6O/c26-19(6-5-17-15-3-1-2-4-16(15)23-24-17)22-14-7-11-25(12-8-14)18-13-20-9-10-21-18/h9-10,13-14H,1-8,11-12H2,(H,22,26)(H,23,24). The summed E-state index contributed by atoms with van der Waals surface area (Å²) in [4.78, 5) is 23.0. The van der Waals surface area contributed by atoms with Crippen molar-refractivity contribution in [3.63, 3.8) is 0 Å². The number of nitrogens with one attached hydrogen (secondary N) is 2. The molecule has 7 heteroatoms. The number of hydrogen-bond acceptors (Lipinski definition) is 5. The fourth-order valence-corrected chi connectivity index (χ4v) is 4.00. The molecule has 0 saturated carbocycles. The summed E-state index contributed by atoms with van der Waals surface area (Å²) < 4.78 is 0. The molecule has 0 atom stereocenters. The van der Waals surface area contributed by atoms with E-state index in [-0.39, 0.29) is 11.9 Å². The van der Waals surface area contributed by atoms with Gasteiger partial charge < -0.3 is 10.2 Å². The largest absolute Gasteiger partial charge is 0.355 e. The van der Waals surface area contributed by atoms with Crippen LogP contribution in [0, 0.1) is 0 Å². The monoisotopic (exact) mass is 354 g/mol. The Hall–Kier alpha value is -2.44. The fraction of sp³-hybridized carbons (Fsp3) is 0.579. The third kappa shape index (κ3) is 3.86. The zero-order valence-electron chi connectivity index (χ0n) is 15.1. The number of aromatic nitrogens is 4. The van der Waals surface area contributed by atoms with Crippen molar-refractivity contribution in [2.45, 2.75) is 57.4 Å². The Morgan fingerprint density at radius 3 is 2.88 bits per heavy atom. The third-order valence-electron chi connectivity index (χ3n) is 5.46. The van der Waals surface area contributed by atoms with Crippen LogP contribution in [0.1, 0.15) is 49.1 Å². The normalized spacial score (nSPS) is 17.8. The maximum atomic E-state index is 12.3. The van der Waals surface area contributed by atoms with E-state index in [4.69, 9.17) is 0 Å². The summed E-state index contributed by atoms with van der Waals surface area (Å²) in [6, 6.07) is 0.253. The predicted molar refractivity (Wildman–Crippen MR) is 99.0 cm³/mol.